The van der Waals surface area contributed by atoms with Crippen LogP contribution in [-0.2, 0) is 10.0 Å². The molecule has 1 aliphatic rings. The quantitative estimate of drug-likeness (QED) is 0.858. The second kappa shape index (κ2) is 5.76. The van der Waals surface area contributed by atoms with Crippen molar-refractivity contribution in [3.63, 3.8) is 0 Å². The van der Waals surface area contributed by atoms with Crippen molar-refractivity contribution in [2.45, 2.75) is 24.8 Å². The molecule has 2 N–H and O–H groups in total. The van der Waals surface area contributed by atoms with Crippen molar-refractivity contribution in [1.82, 2.24) is 9.21 Å². The van der Waals surface area contributed by atoms with Gasteiger partial charge in [0, 0.05) is 19.1 Å². The van der Waals surface area contributed by atoms with Gasteiger partial charge in [0.2, 0.25) is 10.0 Å². The van der Waals surface area contributed by atoms with Crippen LogP contribution in [0.4, 0.5) is 5.69 Å². The van der Waals surface area contributed by atoms with Crippen molar-refractivity contribution in [2.75, 3.05) is 32.9 Å². The van der Waals surface area contributed by atoms with E-state index in [1.54, 1.807) is 13.0 Å². The Bertz CT molecular complexity index is 646. The minimum atomic E-state index is -3.54. The summed E-state index contributed by atoms with van der Waals surface area (Å²) in [7, 11) is 0.410. The van der Waals surface area contributed by atoms with E-state index in [9.17, 15) is 8.42 Å². The molecular formula is C14H22ClN3O2S. The zero-order chi connectivity index (χ0) is 15.9. The lowest BCUT2D eigenvalue weighted by Crippen LogP contribution is -2.36. The summed E-state index contributed by atoms with van der Waals surface area (Å²) in [4.78, 5) is 2.32. The van der Waals surface area contributed by atoms with Gasteiger partial charge in [0.05, 0.1) is 15.6 Å². The summed E-state index contributed by atoms with van der Waals surface area (Å²) in [6, 6.07) is 3.29. The number of anilines is 1. The van der Waals surface area contributed by atoms with E-state index in [0.717, 1.165) is 0 Å². The van der Waals surface area contributed by atoms with E-state index in [0.29, 0.717) is 29.6 Å². The Morgan fingerprint density at radius 2 is 1.95 bits per heavy atom. The Morgan fingerprint density at radius 1 is 1.33 bits per heavy atom. The van der Waals surface area contributed by atoms with Crippen LogP contribution >= 0.6 is 11.6 Å². The molecule has 2 rings (SSSR count). The van der Waals surface area contributed by atoms with Crippen LogP contribution in [-0.4, -0.2) is 50.8 Å². The molecule has 0 aliphatic carbocycles. The first-order valence-corrected chi connectivity index (χ1v) is 8.68. The average Bonchev–Trinajstić information content (AvgIpc) is 2.76. The number of benzene rings is 1. The summed E-state index contributed by atoms with van der Waals surface area (Å²) < 4.78 is 27.2. The lowest BCUT2D eigenvalue weighted by atomic mass is 10.1. The Balaban J connectivity index is 2.38. The number of likely N-dealkylation sites (N-methyl/N-ethyl adjacent to an activating group) is 1. The van der Waals surface area contributed by atoms with Crippen molar-refractivity contribution in [1.29, 1.82) is 0 Å². The molecule has 1 aromatic rings. The molecule has 0 saturated carbocycles. The van der Waals surface area contributed by atoms with Crippen molar-refractivity contribution in [2.24, 2.45) is 5.92 Å². The third-order valence-corrected chi connectivity index (χ3v) is 6.42. The van der Waals surface area contributed by atoms with Crippen molar-refractivity contribution in [3.05, 3.63) is 22.7 Å². The van der Waals surface area contributed by atoms with Crippen LogP contribution in [0.3, 0.4) is 0 Å². The number of aryl methyl sites for hydroxylation is 1. The van der Waals surface area contributed by atoms with E-state index in [4.69, 9.17) is 17.3 Å². The molecule has 2 atom stereocenters. The molecule has 0 radical (unpaired) electrons. The van der Waals surface area contributed by atoms with Crippen LogP contribution in [0.1, 0.15) is 12.5 Å². The van der Waals surface area contributed by atoms with E-state index >= 15 is 0 Å². The van der Waals surface area contributed by atoms with Gasteiger partial charge >= 0.3 is 0 Å². The average molecular weight is 332 g/mol. The first-order chi connectivity index (χ1) is 9.64. The summed E-state index contributed by atoms with van der Waals surface area (Å²) in [6.45, 7) is 4.83. The number of nitrogen functional groups attached to an aromatic ring is 1. The monoisotopic (exact) mass is 331 g/mol. The van der Waals surface area contributed by atoms with Crippen LogP contribution in [0.15, 0.2) is 17.0 Å². The summed E-state index contributed by atoms with van der Waals surface area (Å²) >= 11 is 5.94. The highest BCUT2D eigenvalue weighted by atomic mass is 35.5. The molecular weight excluding hydrogens is 310 g/mol. The number of nitrogens with two attached hydrogens (primary N) is 1. The first-order valence-electron chi connectivity index (χ1n) is 6.86. The summed E-state index contributed by atoms with van der Waals surface area (Å²) in [5, 5.41) is 0.382. The fourth-order valence-electron chi connectivity index (χ4n) is 2.86. The number of rotatable bonds is 3. The van der Waals surface area contributed by atoms with Crippen molar-refractivity contribution >= 4 is 27.3 Å². The van der Waals surface area contributed by atoms with E-state index in [2.05, 4.69) is 11.8 Å². The number of nitrogens with zero attached hydrogens (tertiary/aromatic N) is 2. The van der Waals surface area contributed by atoms with Crippen LogP contribution in [0, 0.1) is 12.8 Å². The van der Waals surface area contributed by atoms with Gasteiger partial charge in [-0.05, 0) is 44.6 Å². The molecule has 1 saturated heterocycles. The van der Waals surface area contributed by atoms with Crippen molar-refractivity contribution in [3.8, 4) is 0 Å². The van der Waals surface area contributed by atoms with Crippen LogP contribution in [0.5, 0.6) is 0 Å². The summed E-state index contributed by atoms with van der Waals surface area (Å²) in [5.41, 5.74) is 6.67. The Kier molecular flexibility index (Phi) is 4.54. The maximum atomic E-state index is 12.8. The SMILES string of the molecule is Cc1cc(Cl)c(N)cc1S(=O)(=O)N1CC(C)C(N(C)C)C1. The molecule has 1 heterocycles. The smallest absolute Gasteiger partial charge is 0.243 e. The molecule has 0 spiro atoms. The van der Waals surface area contributed by atoms with Crippen LogP contribution in [0.25, 0.3) is 0 Å². The molecule has 0 bridgehead atoms. The third kappa shape index (κ3) is 3.04. The van der Waals surface area contributed by atoms with Crippen molar-refractivity contribution < 1.29 is 8.42 Å². The number of hydrogen-bond donors (Lipinski definition) is 1. The van der Waals surface area contributed by atoms with Gasteiger partial charge in [-0.2, -0.15) is 4.31 Å². The molecule has 1 fully saturated rings. The zero-order valence-electron chi connectivity index (χ0n) is 12.8. The molecule has 118 valence electrons. The second-order valence-electron chi connectivity index (χ2n) is 5.97. The number of halogens is 1. The normalized spacial score (nSPS) is 23.9. The maximum Gasteiger partial charge on any atom is 0.243 e. The molecule has 21 heavy (non-hydrogen) atoms. The van der Waals surface area contributed by atoms with E-state index < -0.39 is 10.0 Å². The van der Waals surface area contributed by atoms with Gasteiger partial charge in [-0.15, -0.1) is 0 Å². The largest absolute Gasteiger partial charge is 0.397 e. The zero-order valence-corrected chi connectivity index (χ0v) is 14.4. The third-order valence-electron chi connectivity index (χ3n) is 4.11. The lowest BCUT2D eigenvalue weighted by molar-refractivity contribution is 0.263. The van der Waals surface area contributed by atoms with Gasteiger partial charge in [0.1, 0.15) is 0 Å². The number of hydrogen-bond acceptors (Lipinski definition) is 4. The molecule has 0 aromatic heterocycles. The predicted molar refractivity (Wildman–Crippen MR) is 86.0 cm³/mol. The van der Waals surface area contributed by atoms with Gasteiger partial charge in [-0.1, -0.05) is 18.5 Å². The maximum absolute atomic E-state index is 12.8. The fourth-order valence-corrected chi connectivity index (χ4v) is 4.88. The van der Waals surface area contributed by atoms with E-state index in [-0.39, 0.29) is 16.6 Å². The molecule has 1 aliphatic heterocycles. The minimum Gasteiger partial charge on any atom is -0.397 e. The summed E-state index contributed by atoms with van der Waals surface area (Å²) in [6.07, 6.45) is 0. The van der Waals surface area contributed by atoms with Crippen LogP contribution in [0.2, 0.25) is 5.02 Å². The van der Waals surface area contributed by atoms with Gasteiger partial charge in [-0.25, -0.2) is 8.42 Å². The van der Waals surface area contributed by atoms with Gasteiger partial charge < -0.3 is 10.6 Å². The second-order valence-corrected chi connectivity index (χ2v) is 8.28. The molecule has 0 amide bonds. The Hall–Kier alpha value is -0.820. The highest BCUT2D eigenvalue weighted by Gasteiger charge is 2.38. The summed E-state index contributed by atoms with van der Waals surface area (Å²) in [5.74, 6) is 0.291. The molecule has 2 unspecified atom stereocenters. The van der Waals surface area contributed by atoms with Gasteiger partial charge in [-0.3, -0.25) is 0 Å². The van der Waals surface area contributed by atoms with E-state index in [1.165, 1.54) is 10.4 Å². The van der Waals surface area contributed by atoms with Gasteiger partial charge in [0.25, 0.3) is 0 Å². The topological polar surface area (TPSA) is 66.6 Å². The molecule has 1 aromatic carbocycles. The Labute approximate surface area is 131 Å². The fraction of sp³-hybridized carbons (Fsp3) is 0.571. The highest BCUT2D eigenvalue weighted by Crippen LogP contribution is 2.31. The molecule has 7 heteroatoms. The first kappa shape index (κ1) is 16.5. The Morgan fingerprint density at radius 3 is 2.48 bits per heavy atom. The standard InChI is InChI=1S/C14H22ClN3O2S/c1-9-5-11(15)12(16)6-14(9)21(19,20)18-7-10(2)13(8-18)17(3)4/h5-6,10,13H,7-8,16H2,1-4H3. The predicted octanol–water partition coefficient (Wildman–Crippen LogP) is 1.80. The van der Waals surface area contributed by atoms with E-state index in [1.807, 2.05) is 14.1 Å². The highest BCUT2D eigenvalue weighted by molar-refractivity contribution is 7.89. The van der Waals surface area contributed by atoms with Crippen LogP contribution < -0.4 is 5.73 Å². The molecule has 5 nitrogen and oxygen atoms in total. The minimum absolute atomic E-state index is 0.227. The number of sulfonamides is 1. The lowest BCUT2D eigenvalue weighted by Gasteiger charge is -2.22. The van der Waals surface area contributed by atoms with Gasteiger partial charge in [0.15, 0.2) is 0 Å².